The van der Waals surface area contributed by atoms with Crippen LogP contribution in [0.2, 0.25) is 0 Å². The van der Waals surface area contributed by atoms with Crippen molar-refractivity contribution in [2.45, 2.75) is 9.79 Å². The molecule has 1 aliphatic rings. The monoisotopic (exact) mass is 844 g/mol. The summed E-state index contributed by atoms with van der Waals surface area (Å²) in [6.45, 7) is 0. The summed E-state index contributed by atoms with van der Waals surface area (Å²) < 4.78 is 11.3. The number of aryl methyl sites for hydroxylation is 1. The van der Waals surface area contributed by atoms with Crippen LogP contribution in [0.5, 0.6) is 11.5 Å². The van der Waals surface area contributed by atoms with Crippen molar-refractivity contribution >= 4 is 67.5 Å². The van der Waals surface area contributed by atoms with Crippen molar-refractivity contribution in [3.63, 3.8) is 0 Å². The first-order valence-corrected chi connectivity index (χ1v) is 19.4. The molecule has 1 aliphatic heterocycles. The van der Waals surface area contributed by atoms with Gasteiger partial charge in [0.25, 0.3) is 0 Å². The number of para-hydroxylation sites is 5. The van der Waals surface area contributed by atoms with Gasteiger partial charge in [-0.2, -0.15) is 10.5 Å². The zero-order valence-electron chi connectivity index (χ0n) is 30.6. The van der Waals surface area contributed by atoms with Crippen molar-refractivity contribution in [3.05, 3.63) is 188 Å². The Morgan fingerprint density at radius 3 is 2.11 bits per heavy atom. The number of aromatic nitrogens is 4. The van der Waals surface area contributed by atoms with Gasteiger partial charge < -0.3 is 13.9 Å². The molecule has 57 heavy (non-hydrogen) atoms. The molecule has 0 saturated carbocycles. The minimum absolute atomic E-state index is 0. The molecule has 3 aromatic heterocycles. The van der Waals surface area contributed by atoms with Crippen LogP contribution in [-0.4, -0.2) is 19.1 Å². The Labute approximate surface area is 347 Å². The predicted octanol–water partition coefficient (Wildman–Crippen LogP) is 12.9. The summed E-state index contributed by atoms with van der Waals surface area (Å²) in [5.74, 6) is 1.99. The van der Waals surface area contributed by atoms with Crippen molar-refractivity contribution in [2.24, 2.45) is 7.05 Å². The molecule has 4 heterocycles. The Bertz CT molecular complexity index is 3080. The molecule has 7 aromatic carbocycles. The maximum absolute atomic E-state index is 6.54. The van der Waals surface area contributed by atoms with Crippen LogP contribution in [0, 0.1) is 12.1 Å². The molecule has 0 atom stereocenters. The second kappa shape index (κ2) is 14.0. The molecule has 10 aromatic rings. The maximum Gasteiger partial charge on any atom is 2.00 e. The topological polar surface area (TPSA) is 44.9 Å². The van der Waals surface area contributed by atoms with E-state index in [0.29, 0.717) is 16.0 Å². The Morgan fingerprint density at radius 1 is 0.614 bits per heavy atom. The first kappa shape index (κ1) is 35.2. The van der Waals surface area contributed by atoms with E-state index in [0.717, 1.165) is 66.3 Å². The number of ether oxygens (including phenoxy) is 1. The minimum Gasteiger partial charge on any atom is -0.503 e. The molecule has 0 unspecified atom stereocenters. The third-order valence-corrected chi connectivity index (χ3v) is 11.9. The van der Waals surface area contributed by atoms with Gasteiger partial charge in [-0.3, -0.25) is 4.98 Å². The number of quaternary nitrogens is 1. The van der Waals surface area contributed by atoms with E-state index in [-0.39, 0.29) is 20.4 Å². The summed E-state index contributed by atoms with van der Waals surface area (Å²) in [7, 11) is 2.03. The molecule has 0 amide bonds. The van der Waals surface area contributed by atoms with Crippen LogP contribution in [0.3, 0.4) is 0 Å². The van der Waals surface area contributed by atoms with Crippen LogP contribution in [0.4, 0.5) is 22.7 Å². The molecular formula is C49H32N5OPdS+. The standard InChI is InChI=1S/C49H32N5OS.Pd/c1-52-42-25-9-8-24-41(42)51-48(52)33-15-12-21-37(31-33)55-38-22-13-16-34(32-38)53-46-39(40-23-14-30-50-49(40)53)28-29-44-47(46)56-45-27-11-10-26-43(45)54(44,35-17-4-2-5-18-35)36-19-6-3-7-20-36;/h2-30H,1H3;/q-1;+2. The fourth-order valence-electron chi connectivity index (χ4n) is 8.33. The Kier molecular flexibility index (Phi) is 8.66. The number of pyridine rings is 1. The molecule has 0 saturated heterocycles. The zero-order valence-corrected chi connectivity index (χ0v) is 33.0. The molecule has 0 radical (unpaired) electrons. The van der Waals surface area contributed by atoms with E-state index in [1.807, 2.05) is 79.6 Å². The number of rotatable bonds is 6. The van der Waals surface area contributed by atoms with Gasteiger partial charge in [0.1, 0.15) is 17.0 Å². The van der Waals surface area contributed by atoms with Crippen LogP contribution in [0.25, 0.3) is 50.0 Å². The van der Waals surface area contributed by atoms with Crippen LogP contribution in [0.1, 0.15) is 0 Å². The van der Waals surface area contributed by atoms with Crippen molar-refractivity contribution in [1.29, 1.82) is 0 Å². The summed E-state index contributed by atoms with van der Waals surface area (Å²) in [6, 6.07) is 66.4. The van der Waals surface area contributed by atoms with Gasteiger partial charge in [0.2, 0.25) is 0 Å². The third-order valence-electron chi connectivity index (χ3n) is 10.7. The van der Waals surface area contributed by atoms with E-state index in [1.54, 1.807) is 0 Å². The summed E-state index contributed by atoms with van der Waals surface area (Å²) in [5, 5.41) is 2.20. The average molecular weight is 845 g/mol. The zero-order chi connectivity index (χ0) is 37.2. The van der Waals surface area contributed by atoms with Crippen molar-refractivity contribution < 1.29 is 25.2 Å². The first-order valence-electron chi connectivity index (χ1n) is 18.5. The van der Waals surface area contributed by atoms with Gasteiger partial charge in [0, 0.05) is 71.9 Å². The summed E-state index contributed by atoms with van der Waals surface area (Å²) >= 11 is 1.81. The molecule has 8 heteroatoms. The largest absolute Gasteiger partial charge is 2.00 e. The molecule has 0 fully saturated rings. The fraction of sp³-hybridized carbons (Fsp3) is 0.0204. The van der Waals surface area contributed by atoms with Gasteiger partial charge in [-0.05, 0) is 36.4 Å². The second-order valence-corrected chi connectivity index (χ2v) is 14.9. The minimum atomic E-state index is 0. The first-order chi connectivity index (χ1) is 27.7. The molecule has 274 valence electrons. The molecule has 0 bridgehead atoms. The quantitative estimate of drug-likeness (QED) is 0.0950. The molecule has 0 aliphatic carbocycles. The van der Waals surface area contributed by atoms with E-state index < -0.39 is 0 Å². The van der Waals surface area contributed by atoms with E-state index in [9.17, 15) is 0 Å². The Balaban J connectivity index is 0.00000396. The second-order valence-electron chi connectivity index (χ2n) is 13.8. The predicted molar refractivity (Wildman–Crippen MR) is 227 cm³/mol. The third kappa shape index (κ3) is 5.48. The van der Waals surface area contributed by atoms with E-state index >= 15 is 0 Å². The Morgan fingerprint density at radius 2 is 1.32 bits per heavy atom. The maximum atomic E-state index is 6.54. The smallest absolute Gasteiger partial charge is 0.503 e. The molecule has 0 spiro atoms. The summed E-state index contributed by atoms with van der Waals surface area (Å²) in [4.78, 5) is 12.2. The molecule has 6 nitrogen and oxygen atoms in total. The van der Waals surface area contributed by atoms with Crippen LogP contribution < -0.4 is 9.22 Å². The number of hydrogen-bond acceptors (Lipinski definition) is 4. The summed E-state index contributed by atoms with van der Waals surface area (Å²) in [5.41, 5.74) is 10.3. The van der Waals surface area contributed by atoms with Gasteiger partial charge in [0.15, 0.2) is 11.4 Å². The number of benzene rings is 7. The van der Waals surface area contributed by atoms with Gasteiger partial charge in [-0.1, -0.05) is 84.2 Å². The number of imidazole rings is 1. The van der Waals surface area contributed by atoms with Crippen molar-refractivity contribution in [2.75, 3.05) is 0 Å². The van der Waals surface area contributed by atoms with E-state index in [1.165, 1.54) is 16.3 Å². The SMILES string of the molecule is Cn1c(-c2[c-]c(Oc3[c-]c(-n4c5ncccc5c5ccc6c(c54)Sc4ccccc4[N+]6(c4ccccc4)c4ccccc4)ccc3)ccc2)nc2ccccc21.[Pd+2]. The fourth-order valence-corrected chi connectivity index (χ4v) is 9.61. The average Bonchev–Trinajstić information content (AvgIpc) is 3.78. The number of nitrogens with zero attached hydrogens (tertiary/aromatic N) is 5. The van der Waals surface area contributed by atoms with E-state index in [4.69, 9.17) is 14.7 Å². The summed E-state index contributed by atoms with van der Waals surface area (Å²) in [6.07, 6.45) is 1.86. The normalized spacial score (nSPS) is 12.9. The molecule has 0 N–H and O–H groups in total. The number of hydrogen-bond donors (Lipinski definition) is 0. The van der Waals surface area contributed by atoms with Crippen LogP contribution >= 0.6 is 11.8 Å². The van der Waals surface area contributed by atoms with Crippen molar-refractivity contribution in [3.8, 4) is 28.6 Å². The van der Waals surface area contributed by atoms with E-state index in [2.05, 4.69) is 137 Å². The Hall–Kier alpha value is -6.27. The van der Waals surface area contributed by atoms with Crippen LogP contribution in [-0.2, 0) is 27.5 Å². The molecular weight excluding hydrogens is 813 g/mol. The van der Waals surface area contributed by atoms with Gasteiger partial charge in [0.05, 0.1) is 32.2 Å². The van der Waals surface area contributed by atoms with Gasteiger partial charge in [-0.15, -0.1) is 42.0 Å². The van der Waals surface area contributed by atoms with Gasteiger partial charge >= 0.3 is 20.4 Å². The van der Waals surface area contributed by atoms with Gasteiger partial charge in [-0.25, -0.2) is 4.98 Å². The number of fused-ring (bicyclic) bond motifs is 7. The van der Waals surface area contributed by atoms with Crippen LogP contribution in [0.15, 0.2) is 186 Å². The molecule has 11 rings (SSSR count). The van der Waals surface area contributed by atoms with Crippen molar-refractivity contribution in [1.82, 2.24) is 23.6 Å².